The number of anilines is 4. The molecule has 5 rings (SSSR count). The minimum absolute atomic E-state index is 0.00479. The smallest absolute Gasteiger partial charge is 0.262 e. The van der Waals surface area contributed by atoms with E-state index in [1.807, 2.05) is 29.0 Å². The summed E-state index contributed by atoms with van der Waals surface area (Å²) in [5.41, 5.74) is 2.66. The highest BCUT2D eigenvalue weighted by molar-refractivity contribution is 7.92. The Kier molecular flexibility index (Phi) is 5.28. The van der Waals surface area contributed by atoms with Crippen molar-refractivity contribution in [2.75, 3.05) is 34.8 Å². The summed E-state index contributed by atoms with van der Waals surface area (Å²) >= 11 is 0. The van der Waals surface area contributed by atoms with Gasteiger partial charge < -0.3 is 19.9 Å². The lowest BCUT2D eigenvalue weighted by Gasteiger charge is -2.19. The highest BCUT2D eigenvalue weighted by Crippen LogP contribution is 2.31. The van der Waals surface area contributed by atoms with Gasteiger partial charge in [0.05, 0.1) is 18.5 Å². The largest absolute Gasteiger partial charge is 0.482 e. The van der Waals surface area contributed by atoms with Crippen LogP contribution in [-0.2, 0) is 21.4 Å². The summed E-state index contributed by atoms with van der Waals surface area (Å²) in [4.78, 5) is 24.9. The molecule has 0 saturated carbocycles. The van der Waals surface area contributed by atoms with E-state index < -0.39 is 10.0 Å². The lowest BCUT2D eigenvalue weighted by molar-refractivity contribution is -0.118. The number of carbonyl (C=O) groups is 1. The van der Waals surface area contributed by atoms with Crippen molar-refractivity contribution in [3.63, 3.8) is 0 Å². The molecule has 0 aliphatic carbocycles. The molecule has 0 radical (unpaired) electrons. The molecule has 34 heavy (non-hydrogen) atoms. The molecule has 11 nitrogen and oxygen atoms in total. The molecule has 0 saturated heterocycles. The van der Waals surface area contributed by atoms with Crippen molar-refractivity contribution in [2.24, 2.45) is 0 Å². The Morgan fingerprint density at radius 2 is 2.09 bits per heavy atom. The molecule has 2 N–H and O–H groups in total. The highest BCUT2D eigenvalue weighted by atomic mass is 32.2. The molecule has 0 unspecified atom stereocenters. The van der Waals surface area contributed by atoms with E-state index in [0.717, 1.165) is 21.5 Å². The van der Waals surface area contributed by atoms with Gasteiger partial charge in [-0.05, 0) is 30.3 Å². The van der Waals surface area contributed by atoms with Gasteiger partial charge in [0.1, 0.15) is 17.2 Å². The van der Waals surface area contributed by atoms with Crippen molar-refractivity contribution in [3.05, 3.63) is 60.6 Å². The number of rotatable bonds is 6. The van der Waals surface area contributed by atoms with Crippen LogP contribution < -0.4 is 19.7 Å². The molecule has 3 aromatic heterocycles. The van der Waals surface area contributed by atoms with Crippen LogP contribution >= 0.6 is 0 Å². The van der Waals surface area contributed by atoms with E-state index in [1.165, 1.54) is 7.05 Å². The van der Waals surface area contributed by atoms with Crippen LogP contribution in [0.15, 0.2) is 55.0 Å². The summed E-state index contributed by atoms with van der Waals surface area (Å²) in [6.07, 6.45) is 6.27. The van der Waals surface area contributed by atoms with Gasteiger partial charge in [-0.25, -0.2) is 18.4 Å². The molecule has 1 aliphatic rings. The second kappa shape index (κ2) is 8.30. The number of pyridine rings is 1. The maximum atomic E-state index is 12.0. The van der Waals surface area contributed by atoms with Crippen LogP contribution in [0.5, 0.6) is 5.75 Å². The van der Waals surface area contributed by atoms with Crippen molar-refractivity contribution in [1.82, 2.24) is 19.5 Å². The fraction of sp³-hybridized carbons (Fsp3) is 0.182. The summed E-state index contributed by atoms with van der Waals surface area (Å²) in [6, 6.07) is 10.8. The molecule has 1 aliphatic heterocycles. The minimum atomic E-state index is -3.46. The van der Waals surface area contributed by atoms with Crippen molar-refractivity contribution in [1.29, 1.82) is 0 Å². The molecule has 174 valence electrons. The Morgan fingerprint density at radius 3 is 2.91 bits per heavy atom. The average Bonchev–Trinajstić information content (AvgIpc) is 3.20. The lowest BCUT2D eigenvalue weighted by Crippen LogP contribution is -2.27. The maximum absolute atomic E-state index is 12.0. The zero-order chi connectivity index (χ0) is 23.9. The van der Waals surface area contributed by atoms with Gasteiger partial charge in [-0.2, -0.15) is 4.98 Å². The summed E-state index contributed by atoms with van der Waals surface area (Å²) in [5, 5.41) is 6.75. The molecular weight excluding hydrogens is 458 g/mol. The molecule has 4 heterocycles. The topological polar surface area (TPSA) is 131 Å². The number of fused-ring (bicyclic) bond motifs is 2. The zero-order valence-electron chi connectivity index (χ0n) is 18.4. The number of sulfonamides is 1. The van der Waals surface area contributed by atoms with E-state index >= 15 is 0 Å². The SMILES string of the molecule is CN(c1ncccc1Cn1ccc2cnc(Nc3ccc4c(c3)NC(=O)CO4)nc21)S(C)(=O)=O. The van der Waals surface area contributed by atoms with Gasteiger partial charge in [0.25, 0.3) is 5.91 Å². The first-order valence-corrected chi connectivity index (χ1v) is 12.2. The Bertz CT molecular complexity index is 1520. The van der Waals surface area contributed by atoms with Crippen molar-refractivity contribution >= 4 is 50.1 Å². The number of aromatic nitrogens is 4. The molecule has 1 aromatic carbocycles. The quantitative estimate of drug-likeness (QED) is 0.431. The molecule has 0 bridgehead atoms. The second-order valence-electron chi connectivity index (χ2n) is 7.81. The van der Waals surface area contributed by atoms with Gasteiger partial charge in [0.15, 0.2) is 6.61 Å². The molecule has 4 aromatic rings. The summed E-state index contributed by atoms with van der Waals surface area (Å²) in [7, 11) is -1.98. The molecular formula is C22H21N7O4S. The number of carbonyl (C=O) groups excluding carboxylic acids is 1. The molecule has 0 spiro atoms. The van der Waals surface area contributed by atoms with Crippen LogP contribution in [0, 0.1) is 0 Å². The summed E-state index contributed by atoms with van der Waals surface area (Å²) < 4.78 is 32.5. The Hall–Kier alpha value is -4.19. The second-order valence-corrected chi connectivity index (χ2v) is 9.82. The fourth-order valence-electron chi connectivity index (χ4n) is 3.63. The van der Waals surface area contributed by atoms with E-state index in [9.17, 15) is 13.2 Å². The maximum Gasteiger partial charge on any atom is 0.262 e. The monoisotopic (exact) mass is 479 g/mol. The number of amides is 1. The molecule has 12 heteroatoms. The first-order valence-electron chi connectivity index (χ1n) is 10.3. The van der Waals surface area contributed by atoms with E-state index in [0.29, 0.717) is 41.1 Å². The van der Waals surface area contributed by atoms with Crippen LogP contribution in [0.3, 0.4) is 0 Å². The van der Waals surface area contributed by atoms with Crippen LogP contribution in [0.2, 0.25) is 0 Å². The van der Waals surface area contributed by atoms with Crippen LogP contribution in [0.1, 0.15) is 5.56 Å². The third kappa shape index (κ3) is 4.22. The standard InChI is InChI=1S/C22H21N7O4S/c1-28(34(2,31)32)20-15(4-3-8-23-20)12-29-9-7-14-11-24-22(27-21(14)29)25-16-5-6-18-17(10-16)26-19(30)13-33-18/h3-11H,12-13H2,1-2H3,(H,26,30)(H,24,25,27). The fourth-order valence-corrected chi connectivity index (χ4v) is 4.10. The Morgan fingerprint density at radius 1 is 1.24 bits per heavy atom. The van der Waals surface area contributed by atoms with Crippen LogP contribution in [0.4, 0.5) is 23.1 Å². The minimum Gasteiger partial charge on any atom is -0.482 e. The normalized spacial score (nSPS) is 13.2. The van der Waals surface area contributed by atoms with Crippen molar-refractivity contribution in [3.8, 4) is 5.75 Å². The predicted molar refractivity (Wildman–Crippen MR) is 128 cm³/mol. The predicted octanol–water partition coefficient (Wildman–Crippen LogP) is 2.34. The number of hydrogen-bond acceptors (Lipinski definition) is 8. The van der Waals surface area contributed by atoms with Gasteiger partial charge in [-0.3, -0.25) is 9.10 Å². The van der Waals surface area contributed by atoms with Crippen molar-refractivity contribution < 1.29 is 17.9 Å². The van der Waals surface area contributed by atoms with Gasteiger partial charge in [-0.15, -0.1) is 0 Å². The van der Waals surface area contributed by atoms with Gasteiger partial charge in [-0.1, -0.05) is 6.07 Å². The number of ether oxygens (including phenoxy) is 1. The number of nitrogens with one attached hydrogen (secondary N) is 2. The first kappa shape index (κ1) is 21.6. The summed E-state index contributed by atoms with van der Waals surface area (Å²) in [6.45, 7) is 0.361. The van der Waals surface area contributed by atoms with E-state index in [-0.39, 0.29) is 12.5 Å². The molecule has 0 fully saturated rings. The van der Waals surface area contributed by atoms with Gasteiger partial charge >= 0.3 is 0 Å². The first-order chi connectivity index (χ1) is 16.3. The highest BCUT2D eigenvalue weighted by Gasteiger charge is 2.19. The summed E-state index contributed by atoms with van der Waals surface area (Å²) in [5.74, 6) is 1.12. The van der Waals surface area contributed by atoms with Crippen LogP contribution in [0.25, 0.3) is 11.0 Å². The number of hydrogen-bond donors (Lipinski definition) is 2. The molecule has 0 atom stereocenters. The molecule has 1 amide bonds. The van der Waals surface area contributed by atoms with Gasteiger partial charge in [0, 0.05) is 42.3 Å². The van der Waals surface area contributed by atoms with Crippen LogP contribution in [-0.4, -0.2) is 53.8 Å². The number of benzene rings is 1. The average molecular weight is 480 g/mol. The zero-order valence-corrected chi connectivity index (χ0v) is 19.2. The lowest BCUT2D eigenvalue weighted by atomic mass is 10.2. The Labute approximate surface area is 195 Å². The Balaban J connectivity index is 1.44. The number of nitrogens with zero attached hydrogens (tertiary/aromatic N) is 5. The van der Waals surface area contributed by atoms with Crippen molar-refractivity contribution in [2.45, 2.75) is 6.54 Å². The van der Waals surface area contributed by atoms with Gasteiger partial charge in [0.2, 0.25) is 16.0 Å². The van der Waals surface area contributed by atoms with E-state index in [4.69, 9.17) is 4.74 Å². The third-order valence-electron chi connectivity index (χ3n) is 5.37. The van der Waals surface area contributed by atoms with E-state index in [2.05, 4.69) is 25.6 Å². The third-order valence-corrected chi connectivity index (χ3v) is 6.54. The van der Waals surface area contributed by atoms with E-state index in [1.54, 1.807) is 30.6 Å².